The van der Waals surface area contributed by atoms with E-state index in [1.807, 2.05) is 31.2 Å². The lowest BCUT2D eigenvalue weighted by molar-refractivity contribution is 0.102. The second-order valence-corrected chi connectivity index (χ2v) is 4.35. The van der Waals surface area contributed by atoms with Crippen LogP contribution in [0.2, 0.25) is 0 Å². The van der Waals surface area contributed by atoms with Crippen molar-refractivity contribution in [3.63, 3.8) is 0 Å². The number of anilines is 1. The minimum Gasteiger partial charge on any atom is -0.507 e. The molecule has 0 aliphatic carbocycles. The van der Waals surface area contributed by atoms with Gasteiger partial charge in [0.1, 0.15) is 11.5 Å². The molecule has 0 aliphatic heterocycles. The summed E-state index contributed by atoms with van der Waals surface area (Å²) in [6.07, 6.45) is 0.824. The highest BCUT2D eigenvalue weighted by Gasteiger charge is 2.13. The Hall–Kier alpha value is -2.49. The molecule has 0 spiro atoms. The van der Waals surface area contributed by atoms with Crippen LogP contribution >= 0.6 is 0 Å². The molecule has 20 heavy (non-hydrogen) atoms. The molecule has 0 heterocycles. The summed E-state index contributed by atoms with van der Waals surface area (Å²) in [6.45, 7) is 2.02. The number of methoxy groups -OCH3 is 1. The zero-order chi connectivity index (χ0) is 14.5. The Balaban J connectivity index is 2.24. The third-order valence-corrected chi connectivity index (χ3v) is 3.10. The molecule has 0 unspecified atom stereocenters. The molecule has 104 valence electrons. The van der Waals surface area contributed by atoms with Gasteiger partial charge in [0.2, 0.25) is 0 Å². The number of aryl methyl sites for hydroxylation is 1. The Morgan fingerprint density at radius 1 is 1.25 bits per heavy atom. The van der Waals surface area contributed by atoms with Crippen LogP contribution in [0.25, 0.3) is 0 Å². The number of carbonyl (C=O) groups excluding carboxylic acids is 1. The lowest BCUT2D eigenvalue weighted by atomic mass is 10.1. The smallest absolute Gasteiger partial charge is 0.259 e. The summed E-state index contributed by atoms with van der Waals surface area (Å²) in [5.74, 6) is 0.0647. The van der Waals surface area contributed by atoms with Crippen LogP contribution in [0, 0.1) is 0 Å². The lowest BCUT2D eigenvalue weighted by Gasteiger charge is -2.11. The van der Waals surface area contributed by atoms with Gasteiger partial charge in [0.05, 0.1) is 12.7 Å². The van der Waals surface area contributed by atoms with Crippen LogP contribution in [0.15, 0.2) is 42.5 Å². The first kappa shape index (κ1) is 13.9. The molecule has 2 rings (SSSR count). The first-order valence-electron chi connectivity index (χ1n) is 6.42. The van der Waals surface area contributed by atoms with Crippen molar-refractivity contribution in [3.05, 3.63) is 53.6 Å². The molecule has 0 saturated heterocycles. The first-order valence-corrected chi connectivity index (χ1v) is 6.42. The van der Waals surface area contributed by atoms with E-state index in [1.54, 1.807) is 6.07 Å². The Morgan fingerprint density at radius 2 is 2.00 bits per heavy atom. The number of carbonyl (C=O) groups is 1. The Kier molecular flexibility index (Phi) is 4.25. The van der Waals surface area contributed by atoms with Gasteiger partial charge in [-0.3, -0.25) is 4.79 Å². The molecule has 4 nitrogen and oxygen atoms in total. The van der Waals surface area contributed by atoms with Gasteiger partial charge < -0.3 is 15.2 Å². The normalized spacial score (nSPS) is 10.1. The van der Waals surface area contributed by atoms with E-state index in [1.165, 1.54) is 19.2 Å². The highest BCUT2D eigenvalue weighted by atomic mass is 16.5. The average molecular weight is 271 g/mol. The molecule has 2 N–H and O–H groups in total. The fourth-order valence-corrected chi connectivity index (χ4v) is 1.97. The fourth-order valence-electron chi connectivity index (χ4n) is 1.97. The Labute approximate surface area is 118 Å². The number of benzene rings is 2. The monoisotopic (exact) mass is 271 g/mol. The van der Waals surface area contributed by atoms with Crippen LogP contribution in [-0.4, -0.2) is 18.1 Å². The number of phenols is 1. The molecule has 2 aromatic carbocycles. The van der Waals surface area contributed by atoms with E-state index < -0.39 is 0 Å². The third-order valence-electron chi connectivity index (χ3n) is 3.10. The number of ether oxygens (including phenoxy) is 1. The number of hydrogen-bond donors (Lipinski definition) is 2. The standard InChI is InChI=1S/C16H17NO3/c1-3-11-6-4-5-7-14(11)17-16(19)13-9-8-12(20-2)10-15(13)18/h4-10,18H,3H2,1-2H3,(H,17,19). The van der Waals surface area contributed by atoms with Gasteiger partial charge in [-0.15, -0.1) is 0 Å². The van der Waals surface area contributed by atoms with Crippen LogP contribution in [0.3, 0.4) is 0 Å². The van der Waals surface area contributed by atoms with Crippen molar-refractivity contribution in [3.8, 4) is 11.5 Å². The molecular weight excluding hydrogens is 254 g/mol. The average Bonchev–Trinajstić information content (AvgIpc) is 2.47. The summed E-state index contributed by atoms with van der Waals surface area (Å²) in [5, 5.41) is 12.7. The van der Waals surface area contributed by atoms with Crippen molar-refractivity contribution in [2.75, 3.05) is 12.4 Å². The quantitative estimate of drug-likeness (QED) is 0.897. The Morgan fingerprint density at radius 3 is 2.65 bits per heavy atom. The molecule has 0 aromatic heterocycles. The van der Waals surface area contributed by atoms with E-state index in [9.17, 15) is 9.90 Å². The van der Waals surface area contributed by atoms with Gasteiger partial charge in [0.25, 0.3) is 5.91 Å². The summed E-state index contributed by atoms with van der Waals surface area (Å²) in [6, 6.07) is 12.2. The van der Waals surface area contributed by atoms with Crippen molar-refractivity contribution in [1.29, 1.82) is 0 Å². The minimum atomic E-state index is -0.342. The van der Waals surface area contributed by atoms with Gasteiger partial charge in [-0.1, -0.05) is 25.1 Å². The second kappa shape index (κ2) is 6.10. The fraction of sp³-hybridized carbons (Fsp3) is 0.188. The van der Waals surface area contributed by atoms with Gasteiger partial charge in [-0.2, -0.15) is 0 Å². The molecule has 0 fully saturated rings. The van der Waals surface area contributed by atoms with Crippen LogP contribution in [0.5, 0.6) is 11.5 Å². The van der Waals surface area contributed by atoms with E-state index in [-0.39, 0.29) is 17.2 Å². The number of amides is 1. The maximum absolute atomic E-state index is 12.2. The van der Waals surface area contributed by atoms with Gasteiger partial charge in [0.15, 0.2) is 0 Å². The van der Waals surface area contributed by atoms with Crippen LogP contribution < -0.4 is 10.1 Å². The van der Waals surface area contributed by atoms with Crippen molar-refractivity contribution in [2.24, 2.45) is 0 Å². The summed E-state index contributed by atoms with van der Waals surface area (Å²) in [5.41, 5.74) is 2.03. The van der Waals surface area contributed by atoms with Gasteiger partial charge >= 0.3 is 0 Å². The number of phenolic OH excluding ortho intramolecular Hbond substituents is 1. The molecule has 2 aromatic rings. The summed E-state index contributed by atoms with van der Waals surface area (Å²) in [7, 11) is 1.51. The lowest BCUT2D eigenvalue weighted by Crippen LogP contribution is -2.13. The van der Waals surface area contributed by atoms with Gasteiger partial charge in [-0.25, -0.2) is 0 Å². The second-order valence-electron chi connectivity index (χ2n) is 4.35. The summed E-state index contributed by atoms with van der Waals surface area (Å²) < 4.78 is 4.99. The summed E-state index contributed by atoms with van der Waals surface area (Å²) in [4.78, 5) is 12.2. The highest BCUT2D eigenvalue weighted by molar-refractivity contribution is 6.06. The van der Waals surface area contributed by atoms with Crippen LogP contribution in [0.4, 0.5) is 5.69 Å². The number of hydrogen-bond acceptors (Lipinski definition) is 3. The van der Waals surface area contributed by atoms with Gasteiger partial charge in [-0.05, 0) is 30.2 Å². The van der Waals surface area contributed by atoms with Crippen molar-refractivity contribution < 1.29 is 14.6 Å². The highest BCUT2D eigenvalue weighted by Crippen LogP contribution is 2.25. The van der Waals surface area contributed by atoms with E-state index in [0.717, 1.165) is 17.7 Å². The third kappa shape index (κ3) is 2.91. The van der Waals surface area contributed by atoms with E-state index in [4.69, 9.17) is 4.74 Å². The number of para-hydroxylation sites is 1. The van der Waals surface area contributed by atoms with Crippen molar-refractivity contribution >= 4 is 11.6 Å². The van der Waals surface area contributed by atoms with Gasteiger partial charge in [0, 0.05) is 11.8 Å². The van der Waals surface area contributed by atoms with E-state index >= 15 is 0 Å². The first-order chi connectivity index (χ1) is 9.65. The van der Waals surface area contributed by atoms with Crippen LogP contribution in [0.1, 0.15) is 22.8 Å². The topological polar surface area (TPSA) is 58.6 Å². The predicted octanol–water partition coefficient (Wildman–Crippen LogP) is 3.22. The minimum absolute atomic E-state index is 0.101. The zero-order valence-corrected chi connectivity index (χ0v) is 11.5. The zero-order valence-electron chi connectivity index (χ0n) is 11.5. The Bertz CT molecular complexity index is 623. The van der Waals surface area contributed by atoms with Crippen molar-refractivity contribution in [2.45, 2.75) is 13.3 Å². The SMILES string of the molecule is CCc1ccccc1NC(=O)c1ccc(OC)cc1O. The number of aromatic hydroxyl groups is 1. The van der Waals surface area contributed by atoms with Crippen molar-refractivity contribution in [1.82, 2.24) is 0 Å². The molecular formula is C16H17NO3. The van der Waals surface area contributed by atoms with Crippen LogP contribution in [-0.2, 0) is 6.42 Å². The maximum atomic E-state index is 12.2. The molecule has 0 radical (unpaired) electrons. The van der Waals surface area contributed by atoms with E-state index in [0.29, 0.717) is 5.75 Å². The maximum Gasteiger partial charge on any atom is 0.259 e. The molecule has 0 atom stereocenters. The molecule has 1 amide bonds. The number of nitrogens with one attached hydrogen (secondary N) is 1. The summed E-state index contributed by atoms with van der Waals surface area (Å²) >= 11 is 0. The van der Waals surface area contributed by atoms with E-state index in [2.05, 4.69) is 5.32 Å². The molecule has 0 saturated carbocycles. The molecule has 4 heteroatoms. The number of rotatable bonds is 4. The molecule has 0 aliphatic rings. The largest absolute Gasteiger partial charge is 0.507 e. The molecule has 0 bridgehead atoms. The predicted molar refractivity (Wildman–Crippen MR) is 78.4 cm³/mol.